The van der Waals surface area contributed by atoms with E-state index in [1.54, 1.807) is 7.11 Å². The maximum absolute atomic E-state index is 5.99. The highest BCUT2D eigenvalue weighted by atomic mass is 16.5. The van der Waals surface area contributed by atoms with Gasteiger partial charge in [0.25, 0.3) is 0 Å². The summed E-state index contributed by atoms with van der Waals surface area (Å²) >= 11 is 0. The van der Waals surface area contributed by atoms with Crippen LogP contribution in [0.2, 0.25) is 0 Å². The Labute approximate surface area is 111 Å². The third kappa shape index (κ3) is 3.67. The Morgan fingerprint density at radius 1 is 1.22 bits per heavy atom. The molecule has 1 saturated carbocycles. The van der Waals surface area contributed by atoms with Crippen LogP contribution in [0.1, 0.15) is 26.2 Å². The highest BCUT2D eigenvalue weighted by Crippen LogP contribution is 2.30. The van der Waals surface area contributed by atoms with E-state index < -0.39 is 0 Å². The van der Waals surface area contributed by atoms with Crippen LogP contribution in [0.3, 0.4) is 0 Å². The Morgan fingerprint density at radius 2 is 1.89 bits per heavy atom. The van der Waals surface area contributed by atoms with Crippen molar-refractivity contribution < 1.29 is 4.74 Å². The molecule has 2 fully saturated rings. The third-order valence-electron chi connectivity index (χ3n) is 4.63. The maximum Gasteiger partial charge on any atom is 0.0480 e. The van der Waals surface area contributed by atoms with E-state index in [2.05, 4.69) is 16.7 Å². The van der Waals surface area contributed by atoms with Crippen molar-refractivity contribution in [3.8, 4) is 0 Å². The van der Waals surface area contributed by atoms with Gasteiger partial charge >= 0.3 is 0 Å². The van der Waals surface area contributed by atoms with E-state index in [4.69, 9.17) is 10.5 Å². The summed E-state index contributed by atoms with van der Waals surface area (Å²) in [5.41, 5.74) is 6.11. The lowest BCUT2D eigenvalue weighted by molar-refractivity contribution is 0.0247. The van der Waals surface area contributed by atoms with Crippen LogP contribution in [0.15, 0.2) is 0 Å². The van der Waals surface area contributed by atoms with E-state index in [0.717, 1.165) is 38.6 Å². The normalized spacial score (nSPS) is 26.2. The molecule has 4 nitrogen and oxygen atoms in total. The maximum atomic E-state index is 5.99. The molecule has 4 heteroatoms. The van der Waals surface area contributed by atoms with E-state index in [1.807, 2.05) is 0 Å². The van der Waals surface area contributed by atoms with Crippen molar-refractivity contribution in [3.63, 3.8) is 0 Å². The van der Waals surface area contributed by atoms with Gasteiger partial charge in [-0.1, -0.05) is 0 Å². The number of rotatable bonds is 7. The molecule has 2 N–H and O–H groups in total. The van der Waals surface area contributed by atoms with Gasteiger partial charge in [-0.2, -0.15) is 0 Å². The Kier molecular flexibility index (Phi) is 5.01. The fraction of sp³-hybridized carbons (Fsp3) is 1.00. The van der Waals surface area contributed by atoms with Crippen LogP contribution in [0.25, 0.3) is 0 Å². The van der Waals surface area contributed by atoms with Gasteiger partial charge < -0.3 is 15.4 Å². The SMILES string of the molecule is COCCC(C)(CN)N1CCN(CC2CC2)CC1. The number of methoxy groups -OCH3 is 1. The average Bonchev–Trinajstić information content (AvgIpc) is 3.21. The van der Waals surface area contributed by atoms with Crippen LogP contribution in [-0.4, -0.2) is 68.3 Å². The van der Waals surface area contributed by atoms with Gasteiger partial charge in [-0.15, -0.1) is 0 Å². The molecule has 18 heavy (non-hydrogen) atoms. The highest BCUT2D eigenvalue weighted by Gasteiger charge is 2.33. The first kappa shape index (κ1) is 14.3. The minimum Gasteiger partial charge on any atom is -0.385 e. The van der Waals surface area contributed by atoms with Gasteiger partial charge in [0.05, 0.1) is 0 Å². The molecule has 1 unspecified atom stereocenters. The molecule has 1 heterocycles. The summed E-state index contributed by atoms with van der Waals surface area (Å²) in [5.74, 6) is 1.01. The van der Waals surface area contributed by atoms with E-state index in [-0.39, 0.29) is 5.54 Å². The van der Waals surface area contributed by atoms with E-state index in [1.165, 1.54) is 32.5 Å². The van der Waals surface area contributed by atoms with Crippen molar-refractivity contribution >= 4 is 0 Å². The molecule has 1 aliphatic carbocycles. The molecule has 0 spiro atoms. The van der Waals surface area contributed by atoms with E-state index in [9.17, 15) is 0 Å². The quantitative estimate of drug-likeness (QED) is 0.729. The van der Waals surface area contributed by atoms with Crippen LogP contribution < -0.4 is 5.73 Å². The van der Waals surface area contributed by atoms with Crippen molar-refractivity contribution in [2.75, 3.05) is 53.0 Å². The third-order valence-corrected chi connectivity index (χ3v) is 4.63. The summed E-state index contributed by atoms with van der Waals surface area (Å²) in [5, 5.41) is 0. The minimum absolute atomic E-state index is 0.113. The fourth-order valence-corrected chi connectivity index (χ4v) is 2.85. The Hall–Kier alpha value is -0.160. The second kappa shape index (κ2) is 6.33. The summed E-state index contributed by atoms with van der Waals surface area (Å²) in [6.45, 7) is 9.86. The summed E-state index contributed by atoms with van der Waals surface area (Å²) in [4.78, 5) is 5.19. The van der Waals surface area contributed by atoms with Crippen LogP contribution >= 0.6 is 0 Å². The molecule has 1 saturated heterocycles. The zero-order valence-electron chi connectivity index (χ0n) is 12.0. The summed E-state index contributed by atoms with van der Waals surface area (Å²) in [6, 6.07) is 0. The molecule has 1 atom stereocenters. The van der Waals surface area contributed by atoms with Gasteiger partial charge in [0.2, 0.25) is 0 Å². The molecule has 2 rings (SSSR count). The van der Waals surface area contributed by atoms with Gasteiger partial charge in [0, 0.05) is 58.5 Å². The van der Waals surface area contributed by atoms with Crippen LogP contribution in [0, 0.1) is 5.92 Å². The van der Waals surface area contributed by atoms with Crippen molar-refractivity contribution in [2.45, 2.75) is 31.7 Å². The van der Waals surface area contributed by atoms with E-state index in [0.29, 0.717) is 0 Å². The fourth-order valence-electron chi connectivity index (χ4n) is 2.85. The number of hydrogen-bond donors (Lipinski definition) is 1. The summed E-state index contributed by atoms with van der Waals surface area (Å²) in [6.07, 6.45) is 3.94. The first-order valence-electron chi connectivity index (χ1n) is 7.34. The molecule has 106 valence electrons. The van der Waals surface area contributed by atoms with Gasteiger partial charge in [-0.3, -0.25) is 4.90 Å². The Morgan fingerprint density at radius 3 is 2.39 bits per heavy atom. The van der Waals surface area contributed by atoms with Crippen molar-refractivity contribution in [1.29, 1.82) is 0 Å². The molecule has 0 amide bonds. The van der Waals surface area contributed by atoms with Gasteiger partial charge in [0.15, 0.2) is 0 Å². The Bertz CT molecular complexity index is 249. The molecular weight excluding hydrogens is 226 g/mol. The molecule has 0 aromatic carbocycles. The number of ether oxygens (including phenoxy) is 1. The number of nitrogens with zero attached hydrogens (tertiary/aromatic N) is 2. The molecule has 0 aromatic rings. The molecule has 0 bridgehead atoms. The van der Waals surface area contributed by atoms with Gasteiger partial charge in [-0.25, -0.2) is 0 Å². The molecule has 1 aliphatic heterocycles. The van der Waals surface area contributed by atoms with Crippen LogP contribution in [-0.2, 0) is 4.74 Å². The zero-order chi connectivity index (χ0) is 13.0. The van der Waals surface area contributed by atoms with Crippen molar-refractivity contribution in [2.24, 2.45) is 11.7 Å². The van der Waals surface area contributed by atoms with Gasteiger partial charge in [-0.05, 0) is 32.1 Å². The molecule has 0 radical (unpaired) electrons. The predicted octanol–water partition coefficient (Wildman–Crippen LogP) is 0.768. The highest BCUT2D eigenvalue weighted by molar-refractivity contribution is 4.91. The standard InChI is InChI=1S/C14H29N3O/c1-14(12-15,5-10-18-2)17-8-6-16(7-9-17)11-13-3-4-13/h13H,3-12,15H2,1-2H3. The topological polar surface area (TPSA) is 41.7 Å². The largest absolute Gasteiger partial charge is 0.385 e. The molecule has 2 aliphatic rings. The predicted molar refractivity (Wildman–Crippen MR) is 74.7 cm³/mol. The van der Waals surface area contributed by atoms with Crippen molar-refractivity contribution in [3.05, 3.63) is 0 Å². The smallest absolute Gasteiger partial charge is 0.0480 e. The van der Waals surface area contributed by atoms with Crippen molar-refractivity contribution in [1.82, 2.24) is 9.80 Å². The first-order chi connectivity index (χ1) is 8.68. The number of piperazine rings is 1. The van der Waals surface area contributed by atoms with E-state index >= 15 is 0 Å². The summed E-state index contributed by atoms with van der Waals surface area (Å²) < 4.78 is 5.22. The second-order valence-electron chi connectivity index (χ2n) is 6.17. The van der Waals surface area contributed by atoms with Gasteiger partial charge in [0.1, 0.15) is 0 Å². The lowest BCUT2D eigenvalue weighted by Crippen LogP contribution is -2.59. The number of nitrogens with two attached hydrogens (primary N) is 1. The lowest BCUT2D eigenvalue weighted by Gasteiger charge is -2.45. The minimum atomic E-state index is 0.113. The lowest BCUT2D eigenvalue weighted by atomic mass is 9.95. The summed E-state index contributed by atoms with van der Waals surface area (Å²) in [7, 11) is 1.77. The monoisotopic (exact) mass is 255 g/mol. The Balaban J connectivity index is 1.78. The average molecular weight is 255 g/mol. The zero-order valence-corrected chi connectivity index (χ0v) is 12.0. The first-order valence-corrected chi connectivity index (χ1v) is 7.34. The second-order valence-corrected chi connectivity index (χ2v) is 6.17. The van der Waals surface area contributed by atoms with Crippen LogP contribution in [0.5, 0.6) is 0 Å². The molecular formula is C14H29N3O. The molecule has 0 aromatic heterocycles. The van der Waals surface area contributed by atoms with Crippen LogP contribution in [0.4, 0.5) is 0 Å². The number of hydrogen-bond acceptors (Lipinski definition) is 4.